The molecule has 0 bridgehead atoms. The van der Waals surface area contributed by atoms with Gasteiger partial charge in [-0.3, -0.25) is 14.5 Å². The van der Waals surface area contributed by atoms with E-state index in [1.165, 1.54) is 11.8 Å². The van der Waals surface area contributed by atoms with Crippen LogP contribution in [0.15, 0.2) is 90.0 Å². The van der Waals surface area contributed by atoms with Crippen LogP contribution in [0.3, 0.4) is 0 Å². The molecule has 3 aromatic carbocycles. The molecule has 7 heteroatoms. The van der Waals surface area contributed by atoms with Crippen LogP contribution in [0.2, 0.25) is 0 Å². The fourth-order valence-electron chi connectivity index (χ4n) is 3.92. The number of thioether (sulfide) groups is 1. The highest BCUT2D eigenvalue weighted by Crippen LogP contribution is 2.37. The van der Waals surface area contributed by atoms with Crippen LogP contribution in [-0.2, 0) is 16.1 Å². The van der Waals surface area contributed by atoms with Gasteiger partial charge in [-0.2, -0.15) is 0 Å². The number of fused-ring (bicyclic) bond motifs is 1. The van der Waals surface area contributed by atoms with Crippen LogP contribution in [0, 0.1) is 6.92 Å². The Kier molecular flexibility index (Phi) is 6.04. The van der Waals surface area contributed by atoms with E-state index in [4.69, 9.17) is 12.2 Å². The number of nitrogens with one attached hydrogen (secondary N) is 1. The minimum atomic E-state index is -0.143. The van der Waals surface area contributed by atoms with Gasteiger partial charge in [-0.05, 0) is 43.3 Å². The summed E-state index contributed by atoms with van der Waals surface area (Å²) in [5.74, 6) is -0.262. The summed E-state index contributed by atoms with van der Waals surface area (Å²) in [6, 6.07) is 25.0. The van der Waals surface area contributed by atoms with Gasteiger partial charge in [0.25, 0.3) is 5.91 Å². The maximum absolute atomic E-state index is 13.1. The lowest BCUT2D eigenvalue weighted by atomic mass is 10.1. The lowest BCUT2D eigenvalue weighted by Crippen LogP contribution is -2.27. The van der Waals surface area contributed by atoms with Crippen molar-refractivity contribution < 1.29 is 9.59 Å². The number of amides is 2. The summed E-state index contributed by atoms with van der Waals surface area (Å²) < 4.78 is 2.41. The van der Waals surface area contributed by atoms with Crippen molar-refractivity contribution in [2.45, 2.75) is 13.5 Å². The van der Waals surface area contributed by atoms with E-state index in [9.17, 15) is 9.59 Å². The van der Waals surface area contributed by atoms with E-state index in [1.807, 2.05) is 103 Å². The van der Waals surface area contributed by atoms with Crippen molar-refractivity contribution in [3.8, 4) is 0 Å². The summed E-state index contributed by atoms with van der Waals surface area (Å²) in [4.78, 5) is 28.0. The van der Waals surface area contributed by atoms with E-state index in [0.29, 0.717) is 9.23 Å². The van der Waals surface area contributed by atoms with Gasteiger partial charge in [-0.1, -0.05) is 78.1 Å². The molecule has 1 saturated heterocycles. The fourth-order valence-corrected chi connectivity index (χ4v) is 5.21. The second-order valence-corrected chi connectivity index (χ2v) is 9.67. The third-order valence-corrected chi connectivity index (χ3v) is 6.87. The molecule has 34 heavy (non-hydrogen) atoms. The Balaban J connectivity index is 1.43. The predicted octanol–water partition coefficient (Wildman–Crippen LogP) is 5.99. The largest absolute Gasteiger partial charge is 0.337 e. The first-order chi connectivity index (χ1) is 16.5. The second kappa shape index (κ2) is 9.29. The van der Waals surface area contributed by atoms with Crippen molar-refractivity contribution in [3.05, 3.63) is 101 Å². The van der Waals surface area contributed by atoms with Gasteiger partial charge in [-0.25, -0.2) is 0 Å². The van der Waals surface area contributed by atoms with Crippen LogP contribution in [0.1, 0.15) is 11.1 Å². The lowest BCUT2D eigenvalue weighted by molar-refractivity contribution is -0.116. The minimum Gasteiger partial charge on any atom is -0.337 e. The highest BCUT2D eigenvalue weighted by molar-refractivity contribution is 8.27. The predicted molar refractivity (Wildman–Crippen MR) is 144 cm³/mol. The Bertz CT molecular complexity index is 1440. The Hall–Kier alpha value is -3.68. The van der Waals surface area contributed by atoms with Crippen molar-refractivity contribution in [1.29, 1.82) is 0 Å². The molecule has 168 valence electrons. The molecule has 5 nitrogen and oxygen atoms in total. The van der Waals surface area contributed by atoms with Crippen LogP contribution >= 0.6 is 24.0 Å². The summed E-state index contributed by atoms with van der Waals surface area (Å²) in [5.41, 5.74) is 4.44. The third kappa shape index (κ3) is 4.40. The number of hydrogen-bond donors (Lipinski definition) is 1. The molecule has 1 fully saturated rings. The van der Waals surface area contributed by atoms with E-state index in [-0.39, 0.29) is 18.4 Å². The standard InChI is InChI=1S/C27H21N3O2S2/c1-18-11-13-20(14-12-18)28-25(31)17-29-16-19(22-9-5-6-10-23(22)29)15-24-26(32)30(27(33)34-24)21-7-3-2-4-8-21/h2-16H,17H2,1H3,(H,28,31)/b24-15+. The van der Waals surface area contributed by atoms with Crippen molar-refractivity contribution in [1.82, 2.24) is 4.57 Å². The highest BCUT2D eigenvalue weighted by atomic mass is 32.2. The van der Waals surface area contributed by atoms with Gasteiger partial charge in [0, 0.05) is 28.4 Å². The number of anilines is 2. The van der Waals surface area contributed by atoms with Crippen molar-refractivity contribution >= 4 is 68.5 Å². The molecule has 1 aromatic heterocycles. The smallest absolute Gasteiger partial charge is 0.270 e. The number of nitrogens with zero attached hydrogens (tertiary/aromatic N) is 2. The van der Waals surface area contributed by atoms with Gasteiger partial charge < -0.3 is 9.88 Å². The number of carbonyl (C=O) groups excluding carboxylic acids is 2. The Labute approximate surface area is 207 Å². The summed E-state index contributed by atoms with van der Waals surface area (Å²) in [6.07, 6.45) is 3.77. The van der Waals surface area contributed by atoms with Gasteiger partial charge in [0.2, 0.25) is 5.91 Å². The molecule has 0 unspecified atom stereocenters. The molecule has 5 rings (SSSR count). The monoisotopic (exact) mass is 483 g/mol. The molecular weight excluding hydrogens is 462 g/mol. The summed E-state index contributed by atoms with van der Waals surface area (Å²) in [5, 5.41) is 3.91. The molecule has 1 aliphatic rings. The van der Waals surface area contributed by atoms with Crippen molar-refractivity contribution in [3.63, 3.8) is 0 Å². The number of hydrogen-bond acceptors (Lipinski definition) is 4. The number of rotatable bonds is 5. The number of benzene rings is 3. The molecule has 2 heterocycles. The summed E-state index contributed by atoms with van der Waals surface area (Å²) in [6.45, 7) is 2.17. The van der Waals surface area contributed by atoms with Crippen molar-refractivity contribution in [2.75, 3.05) is 10.2 Å². The first-order valence-corrected chi connectivity index (χ1v) is 12.0. The van der Waals surface area contributed by atoms with E-state index in [1.54, 1.807) is 4.90 Å². The number of aryl methyl sites for hydroxylation is 1. The number of aromatic nitrogens is 1. The minimum absolute atomic E-state index is 0.119. The van der Waals surface area contributed by atoms with Crippen LogP contribution in [0.25, 0.3) is 17.0 Å². The van der Waals surface area contributed by atoms with Crippen LogP contribution in [0.4, 0.5) is 11.4 Å². The van der Waals surface area contributed by atoms with E-state index < -0.39 is 0 Å². The SMILES string of the molecule is Cc1ccc(NC(=O)Cn2cc(/C=C3/SC(=S)N(c4ccccc4)C3=O)c3ccccc32)cc1. The maximum atomic E-state index is 13.1. The van der Waals surface area contributed by atoms with Crippen LogP contribution in [0.5, 0.6) is 0 Å². The molecule has 2 amide bonds. The normalized spacial score (nSPS) is 14.9. The zero-order valence-corrected chi connectivity index (χ0v) is 20.0. The van der Waals surface area contributed by atoms with Crippen molar-refractivity contribution in [2.24, 2.45) is 0 Å². The fraction of sp³-hybridized carbons (Fsp3) is 0.0741. The molecule has 4 aromatic rings. The van der Waals surface area contributed by atoms with E-state index >= 15 is 0 Å². The number of thiocarbonyl (C=S) groups is 1. The van der Waals surface area contributed by atoms with Gasteiger partial charge in [0.15, 0.2) is 4.32 Å². The van der Waals surface area contributed by atoms with Crippen LogP contribution < -0.4 is 10.2 Å². The Morgan fingerprint density at radius 2 is 1.71 bits per heavy atom. The van der Waals surface area contributed by atoms with E-state index in [0.717, 1.165) is 33.4 Å². The molecule has 0 spiro atoms. The van der Waals surface area contributed by atoms with Gasteiger partial charge in [0.05, 0.1) is 10.6 Å². The zero-order chi connectivity index (χ0) is 23.7. The topological polar surface area (TPSA) is 54.3 Å². The number of carbonyl (C=O) groups is 2. The lowest BCUT2D eigenvalue weighted by Gasteiger charge is -2.13. The van der Waals surface area contributed by atoms with Gasteiger partial charge in [-0.15, -0.1) is 0 Å². The molecule has 0 atom stereocenters. The molecule has 1 aliphatic heterocycles. The first-order valence-electron chi connectivity index (χ1n) is 10.8. The summed E-state index contributed by atoms with van der Waals surface area (Å²) >= 11 is 6.78. The third-order valence-electron chi connectivity index (χ3n) is 5.56. The quantitative estimate of drug-likeness (QED) is 0.280. The molecule has 0 radical (unpaired) electrons. The Morgan fingerprint density at radius 3 is 2.47 bits per heavy atom. The molecule has 0 aliphatic carbocycles. The first kappa shape index (κ1) is 22.1. The van der Waals surface area contributed by atoms with E-state index in [2.05, 4.69) is 5.32 Å². The van der Waals surface area contributed by atoms with Gasteiger partial charge >= 0.3 is 0 Å². The van der Waals surface area contributed by atoms with Gasteiger partial charge in [0.1, 0.15) is 6.54 Å². The second-order valence-electron chi connectivity index (χ2n) is 8.00. The molecule has 1 N–H and O–H groups in total. The van der Waals surface area contributed by atoms with Crippen LogP contribution in [-0.4, -0.2) is 20.7 Å². The molecule has 0 saturated carbocycles. The molecular formula is C27H21N3O2S2. The Morgan fingerprint density at radius 1 is 1.00 bits per heavy atom. The average molecular weight is 484 g/mol. The summed E-state index contributed by atoms with van der Waals surface area (Å²) in [7, 11) is 0. The zero-order valence-electron chi connectivity index (χ0n) is 18.4. The highest BCUT2D eigenvalue weighted by Gasteiger charge is 2.33. The average Bonchev–Trinajstić information content (AvgIpc) is 3.32. The number of para-hydroxylation sites is 2. The maximum Gasteiger partial charge on any atom is 0.270 e.